The van der Waals surface area contributed by atoms with Gasteiger partial charge in [0.2, 0.25) is 0 Å². The second-order valence-electron chi connectivity index (χ2n) is 4.05. The third-order valence-corrected chi connectivity index (χ3v) is 3.37. The molecule has 2 N–H and O–H groups in total. The normalized spacial score (nSPS) is 11.3. The predicted octanol–water partition coefficient (Wildman–Crippen LogP) is 1.80. The van der Waals surface area contributed by atoms with Gasteiger partial charge in [-0.15, -0.1) is 10.2 Å². The fraction of sp³-hybridized carbons (Fsp3) is 0.800. The molecule has 1 aromatic heterocycles. The molecule has 1 heterocycles. The molecule has 15 heavy (non-hydrogen) atoms. The summed E-state index contributed by atoms with van der Waals surface area (Å²) in [6.07, 6.45) is 2.50. The van der Waals surface area contributed by atoms with Gasteiger partial charge in [0.25, 0.3) is 0 Å². The lowest BCUT2D eigenvalue weighted by Gasteiger charge is -2.04. The summed E-state index contributed by atoms with van der Waals surface area (Å²) in [6, 6.07) is 0. The lowest BCUT2D eigenvalue weighted by Crippen LogP contribution is -2.05. The molecule has 0 bridgehead atoms. The Labute approximate surface area is 95.6 Å². The number of thioether (sulfide) groups is 1. The zero-order chi connectivity index (χ0) is 11.3. The van der Waals surface area contributed by atoms with Crippen molar-refractivity contribution < 1.29 is 0 Å². The van der Waals surface area contributed by atoms with Crippen molar-refractivity contribution in [1.82, 2.24) is 14.8 Å². The van der Waals surface area contributed by atoms with Gasteiger partial charge in [0.1, 0.15) is 5.82 Å². The molecule has 0 radical (unpaired) electrons. The van der Waals surface area contributed by atoms with Crippen LogP contribution in [0.25, 0.3) is 0 Å². The quantitative estimate of drug-likeness (QED) is 0.596. The SMILES string of the molecule is CC(C)CCCSc1nnc(CN)n1C. The lowest BCUT2D eigenvalue weighted by molar-refractivity contribution is 0.579. The second-order valence-corrected chi connectivity index (χ2v) is 5.11. The summed E-state index contributed by atoms with van der Waals surface area (Å²) in [7, 11) is 1.97. The van der Waals surface area contributed by atoms with E-state index in [4.69, 9.17) is 5.73 Å². The van der Waals surface area contributed by atoms with Crippen LogP contribution in [0.15, 0.2) is 5.16 Å². The van der Waals surface area contributed by atoms with E-state index >= 15 is 0 Å². The van der Waals surface area contributed by atoms with Crippen LogP contribution in [0.3, 0.4) is 0 Å². The van der Waals surface area contributed by atoms with Crippen molar-refractivity contribution in [3.8, 4) is 0 Å². The summed E-state index contributed by atoms with van der Waals surface area (Å²) in [4.78, 5) is 0. The van der Waals surface area contributed by atoms with Crippen molar-refractivity contribution in [2.24, 2.45) is 18.7 Å². The fourth-order valence-electron chi connectivity index (χ4n) is 1.30. The molecule has 1 rings (SSSR count). The molecule has 4 nitrogen and oxygen atoms in total. The first-order valence-corrected chi connectivity index (χ1v) is 6.34. The first kappa shape index (κ1) is 12.5. The third-order valence-electron chi connectivity index (χ3n) is 2.26. The number of aromatic nitrogens is 3. The Balaban J connectivity index is 2.34. The Morgan fingerprint density at radius 1 is 1.40 bits per heavy atom. The molecule has 0 atom stereocenters. The van der Waals surface area contributed by atoms with Crippen LogP contribution in [-0.2, 0) is 13.6 Å². The van der Waals surface area contributed by atoms with Crippen LogP contribution >= 0.6 is 11.8 Å². The molecule has 0 spiro atoms. The van der Waals surface area contributed by atoms with Crippen LogP contribution in [0.1, 0.15) is 32.5 Å². The standard InChI is InChI=1S/C10H20N4S/c1-8(2)5-4-6-15-10-13-12-9(7-11)14(10)3/h8H,4-7,11H2,1-3H3. The van der Waals surface area contributed by atoms with Crippen LogP contribution in [0.2, 0.25) is 0 Å². The number of nitrogens with zero attached hydrogens (tertiary/aromatic N) is 3. The smallest absolute Gasteiger partial charge is 0.190 e. The number of nitrogens with two attached hydrogens (primary N) is 1. The molecule has 0 aliphatic carbocycles. The predicted molar refractivity (Wildman–Crippen MR) is 63.7 cm³/mol. The van der Waals surface area contributed by atoms with Gasteiger partial charge in [-0.1, -0.05) is 32.0 Å². The topological polar surface area (TPSA) is 56.7 Å². The van der Waals surface area contributed by atoms with E-state index in [1.165, 1.54) is 12.8 Å². The fourth-order valence-corrected chi connectivity index (χ4v) is 2.19. The van der Waals surface area contributed by atoms with Crippen LogP contribution in [-0.4, -0.2) is 20.5 Å². The van der Waals surface area contributed by atoms with Crippen molar-refractivity contribution >= 4 is 11.8 Å². The van der Waals surface area contributed by atoms with Gasteiger partial charge in [-0.05, 0) is 12.3 Å². The van der Waals surface area contributed by atoms with Crippen molar-refractivity contribution in [1.29, 1.82) is 0 Å². The van der Waals surface area contributed by atoms with Gasteiger partial charge in [0.05, 0.1) is 6.54 Å². The van der Waals surface area contributed by atoms with Crippen molar-refractivity contribution in [3.63, 3.8) is 0 Å². The summed E-state index contributed by atoms with van der Waals surface area (Å²) in [5.74, 6) is 2.74. The molecule has 0 amide bonds. The maximum atomic E-state index is 5.53. The Morgan fingerprint density at radius 2 is 2.13 bits per heavy atom. The molecular formula is C10H20N4S. The van der Waals surface area contributed by atoms with Crippen LogP contribution < -0.4 is 5.73 Å². The van der Waals surface area contributed by atoms with E-state index in [0.29, 0.717) is 6.54 Å². The van der Waals surface area contributed by atoms with E-state index in [0.717, 1.165) is 22.7 Å². The second kappa shape index (κ2) is 6.12. The summed E-state index contributed by atoms with van der Waals surface area (Å²) in [6.45, 7) is 4.95. The molecule has 1 aromatic rings. The average molecular weight is 228 g/mol. The van der Waals surface area contributed by atoms with Gasteiger partial charge in [0.15, 0.2) is 5.16 Å². The van der Waals surface area contributed by atoms with E-state index in [1.807, 2.05) is 11.6 Å². The Kier molecular flexibility index (Phi) is 5.11. The molecule has 0 saturated heterocycles. The molecule has 0 fully saturated rings. The largest absolute Gasteiger partial charge is 0.324 e. The van der Waals surface area contributed by atoms with Gasteiger partial charge in [0, 0.05) is 12.8 Å². The summed E-state index contributed by atoms with van der Waals surface area (Å²) < 4.78 is 1.97. The highest BCUT2D eigenvalue weighted by molar-refractivity contribution is 7.99. The van der Waals surface area contributed by atoms with Gasteiger partial charge in [-0.2, -0.15) is 0 Å². The number of rotatable bonds is 6. The first-order chi connectivity index (χ1) is 7.15. The number of hydrogen-bond acceptors (Lipinski definition) is 4. The highest BCUT2D eigenvalue weighted by Gasteiger charge is 2.06. The summed E-state index contributed by atoms with van der Waals surface area (Å²) in [5.41, 5.74) is 5.53. The minimum atomic E-state index is 0.454. The molecule has 86 valence electrons. The van der Waals surface area contributed by atoms with Crippen molar-refractivity contribution in [2.75, 3.05) is 5.75 Å². The zero-order valence-corrected chi connectivity index (χ0v) is 10.5. The van der Waals surface area contributed by atoms with Crippen LogP contribution in [0.4, 0.5) is 0 Å². The van der Waals surface area contributed by atoms with Gasteiger partial charge >= 0.3 is 0 Å². The highest BCUT2D eigenvalue weighted by Crippen LogP contribution is 2.18. The van der Waals surface area contributed by atoms with E-state index in [9.17, 15) is 0 Å². The monoisotopic (exact) mass is 228 g/mol. The van der Waals surface area contributed by atoms with Crippen molar-refractivity contribution in [3.05, 3.63) is 5.82 Å². The molecule has 0 unspecified atom stereocenters. The summed E-state index contributed by atoms with van der Waals surface area (Å²) in [5, 5.41) is 9.09. The first-order valence-electron chi connectivity index (χ1n) is 5.36. The average Bonchev–Trinajstić information content (AvgIpc) is 2.54. The molecule has 5 heteroatoms. The Bertz CT molecular complexity index is 296. The Morgan fingerprint density at radius 3 is 2.67 bits per heavy atom. The molecular weight excluding hydrogens is 208 g/mol. The van der Waals surface area contributed by atoms with E-state index in [2.05, 4.69) is 24.0 Å². The van der Waals surface area contributed by atoms with Crippen molar-refractivity contribution in [2.45, 2.75) is 38.4 Å². The van der Waals surface area contributed by atoms with Crippen LogP contribution in [0.5, 0.6) is 0 Å². The molecule has 0 aromatic carbocycles. The van der Waals surface area contributed by atoms with Gasteiger partial charge < -0.3 is 10.3 Å². The lowest BCUT2D eigenvalue weighted by atomic mass is 10.1. The third kappa shape index (κ3) is 3.83. The highest BCUT2D eigenvalue weighted by atomic mass is 32.2. The minimum absolute atomic E-state index is 0.454. The minimum Gasteiger partial charge on any atom is -0.324 e. The van der Waals surface area contributed by atoms with E-state index in [-0.39, 0.29) is 0 Å². The van der Waals surface area contributed by atoms with E-state index < -0.39 is 0 Å². The van der Waals surface area contributed by atoms with Gasteiger partial charge in [-0.25, -0.2) is 0 Å². The summed E-state index contributed by atoms with van der Waals surface area (Å²) >= 11 is 1.76. The maximum absolute atomic E-state index is 5.53. The maximum Gasteiger partial charge on any atom is 0.190 e. The van der Waals surface area contributed by atoms with Gasteiger partial charge in [-0.3, -0.25) is 0 Å². The number of hydrogen-bond donors (Lipinski definition) is 1. The zero-order valence-electron chi connectivity index (χ0n) is 9.73. The molecule has 0 aliphatic heterocycles. The molecule has 0 saturated carbocycles. The van der Waals surface area contributed by atoms with E-state index in [1.54, 1.807) is 11.8 Å². The van der Waals surface area contributed by atoms with Crippen LogP contribution in [0, 0.1) is 5.92 Å². The Hall–Kier alpha value is -0.550. The molecule has 0 aliphatic rings.